The standard InChI is InChI=1S/C16H15BrO2/c1-10-4-5-12(17)9-15(10)16(18)14-7-6-13(19-3)8-11(14)2/h4-9H,1-3H3. The largest absolute Gasteiger partial charge is 0.497 e. The predicted molar refractivity (Wildman–Crippen MR) is 80.0 cm³/mol. The summed E-state index contributed by atoms with van der Waals surface area (Å²) in [5.74, 6) is 0.805. The molecule has 2 rings (SSSR count). The minimum Gasteiger partial charge on any atom is -0.497 e. The number of benzene rings is 2. The molecule has 98 valence electrons. The zero-order valence-corrected chi connectivity index (χ0v) is 12.7. The first-order chi connectivity index (χ1) is 9.02. The number of ketones is 1. The van der Waals surface area contributed by atoms with Crippen molar-refractivity contribution in [2.24, 2.45) is 0 Å². The van der Waals surface area contributed by atoms with E-state index in [1.165, 1.54) is 0 Å². The maximum Gasteiger partial charge on any atom is 0.193 e. The Balaban J connectivity index is 2.47. The summed E-state index contributed by atoms with van der Waals surface area (Å²) in [6.45, 7) is 3.86. The van der Waals surface area contributed by atoms with Gasteiger partial charge in [-0.2, -0.15) is 0 Å². The van der Waals surface area contributed by atoms with Gasteiger partial charge in [-0.05, 0) is 55.3 Å². The summed E-state index contributed by atoms with van der Waals surface area (Å²) in [5.41, 5.74) is 3.33. The van der Waals surface area contributed by atoms with Gasteiger partial charge in [-0.3, -0.25) is 4.79 Å². The van der Waals surface area contributed by atoms with Crippen LogP contribution in [0.15, 0.2) is 40.9 Å². The van der Waals surface area contributed by atoms with Gasteiger partial charge in [0.2, 0.25) is 0 Å². The lowest BCUT2D eigenvalue weighted by Gasteiger charge is -2.09. The van der Waals surface area contributed by atoms with Gasteiger partial charge in [-0.1, -0.05) is 22.0 Å². The van der Waals surface area contributed by atoms with E-state index >= 15 is 0 Å². The van der Waals surface area contributed by atoms with Crippen LogP contribution in [0.3, 0.4) is 0 Å². The van der Waals surface area contributed by atoms with Crippen molar-refractivity contribution in [1.82, 2.24) is 0 Å². The van der Waals surface area contributed by atoms with Gasteiger partial charge < -0.3 is 4.74 Å². The predicted octanol–water partition coefficient (Wildman–Crippen LogP) is 4.31. The fourth-order valence-corrected chi connectivity index (χ4v) is 2.36. The van der Waals surface area contributed by atoms with Crippen LogP contribution in [0.4, 0.5) is 0 Å². The van der Waals surface area contributed by atoms with E-state index in [9.17, 15) is 4.79 Å². The fraction of sp³-hybridized carbons (Fsp3) is 0.188. The highest BCUT2D eigenvalue weighted by Crippen LogP contribution is 2.23. The number of methoxy groups -OCH3 is 1. The Morgan fingerprint density at radius 2 is 1.74 bits per heavy atom. The first kappa shape index (κ1) is 13.8. The maximum atomic E-state index is 12.6. The molecule has 0 amide bonds. The summed E-state index contributed by atoms with van der Waals surface area (Å²) in [4.78, 5) is 12.6. The summed E-state index contributed by atoms with van der Waals surface area (Å²) in [6, 6.07) is 11.2. The highest BCUT2D eigenvalue weighted by atomic mass is 79.9. The van der Waals surface area contributed by atoms with E-state index in [2.05, 4.69) is 15.9 Å². The number of halogens is 1. The Hall–Kier alpha value is -1.61. The molecule has 0 unspecified atom stereocenters. The molecule has 0 radical (unpaired) electrons. The zero-order chi connectivity index (χ0) is 14.0. The second kappa shape index (κ2) is 5.57. The highest BCUT2D eigenvalue weighted by molar-refractivity contribution is 9.10. The van der Waals surface area contributed by atoms with Gasteiger partial charge in [0.05, 0.1) is 7.11 Å². The average Bonchev–Trinajstić information content (AvgIpc) is 2.40. The summed E-state index contributed by atoms with van der Waals surface area (Å²) < 4.78 is 6.07. The van der Waals surface area contributed by atoms with Crippen molar-refractivity contribution >= 4 is 21.7 Å². The van der Waals surface area contributed by atoms with Gasteiger partial charge in [-0.15, -0.1) is 0 Å². The van der Waals surface area contributed by atoms with Crippen molar-refractivity contribution in [2.45, 2.75) is 13.8 Å². The lowest BCUT2D eigenvalue weighted by Crippen LogP contribution is -2.06. The molecule has 2 aromatic carbocycles. The van der Waals surface area contributed by atoms with E-state index in [0.717, 1.165) is 26.9 Å². The van der Waals surface area contributed by atoms with Crippen molar-refractivity contribution in [2.75, 3.05) is 7.11 Å². The number of hydrogen-bond donors (Lipinski definition) is 0. The third-order valence-electron chi connectivity index (χ3n) is 3.12. The van der Waals surface area contributed by atoms with Crippen molar-refractivity contribution in [1.29, 1.82) is 0 Å². The molecule has 0 heterocycles. The molecule has 0 aliphatic heterocycles. The average molecular weight is 319 g/mol. The van der Waals surface area contributed by atoms with Gasteiger partial charge in [0.25, 0.3) is 0 Å². The molecule has 0 saturated heterocycles. The molecule has 3 heteroatoms. The lowest BCUT2D eigenvalue weighted by atomic mass is 9.96. The monoisotopic (exact) mass is 318 g/mol. The van der Waals surface area contributed by atoms with Crippen molar-refractivity contribution in [3.05, 3.63) is 63.1 Å². The van der Waals surface area contributed by atoms with E-state index < -0.39 is 0 Å². The van der Waals surface area contributed by atoms with Crippen LogP contribution in [0.5, 0.6) is 5.75 Å². The third-order valence-corrected chi connectivity index (χ3v) is 3.62. The number of carbonyl (C=O) groups excluding carboxylic acids is 1. The minimum absolute atomic E-state index is 0.0407. The van der Waals surface area contributed by atoms with Gasteiger partial charge in [0.1, 0.15) is 5.75 Å². The van der Waals surface area contributed by atoms with E-state index in [0.29, 0.717) is 5.56 Å². The number of carbonyl (C=O) groups is 1. The van der Waals surface area contributed by atoms with Crippen LogP contribution >= 0.6 is 15.9 Å². The van der Waals surface area contributed by atoms with Gasteiger partial charge in [0.15, 0.2) is 5.78 Å². The van der Waals surface area contributed by atoms with E-state index in [4.69, 9.17) is 4.74 Å². The second-order valence-corrected chi connectivity index (χ2v) is 5.38. The Kier molecular flexibility index (Phi) is 4.05. The van der Waals surface area contributed by atoms with Crippen LogP contribution in [-0.4, -0.2) is 12.9 Å². The first-order valence-electron chi connectivity index (χ1n) is 5.98. The quantitative estimate of drug-likeness (QED) is 0.788. The number of aryl methyl sites for hydroxylation is 2. The molecule has 0 atom stereocenters. The molecular weight excluding hydrogens is 304 g/mol. The second-order valence-electron chi connectivity index (χ2n) is 4.47. The SMILES string of the molecule is COc1ccc(C(=O)c2cc(Br)ccc2C)c(C)c1. The Labute approximate surface area is 121 Å². The van der Waals surface area contributed by atoms with Crippen molar-refractivity contribution in [3.63, 3.8) is 0 Å². The molecule has 0 aliphatic rings. The third kappa shape index (κ3) is 2.87. The van der Waals surface area contributed by atoms with Crippen LogP contribution in [0.1, 0.15) is 27.0 Å². The highest BCUT2D eigenvalue weighted by Gasteiger charge is 2.14. The fourth-order valence-electron chi connectivity index (χ4n) is 2.00. The maximum absolute atomic E-state index is 12.6. The molecule has 0 N–H and O–H groups in total. The van der Waals surface area contributed by atoms with Crippen molar-refractivity contribution in [3.8, 4) is 5.75 Å². The molecule has 0 aliphatic carbocycles. The van der Waals surface area contributed by atoms with E-state index in [1.807, 2.05) is 50.2 Å². The topological polar surface area (TPSA) is 26.3 Å². The zero-order valence-electron chi connectivity index (χ0n) is 11.2. The molecule has 0 bridgehead atoms. The molecule has 0 spiro atoms. The van der Waals surface area contributed by atoms with Crippen LogP contribution in [0.2, 0.25) is 0 Å². The summed E-state index contributed by atoms with van der Waals surface area (Å²) >= 11 is 3.41. The summed E-state index contributed by atoms with van der Waals surface area (Å²) in [7, 11) is 1.62. The summed E-state index contributed by atoms with van der Waals surface area (Å²) in [5, 5.41) is 0. The molecule has 0 fully saturated rings. The van der Waals surface area contributed by atoms with E-state index in [1.54, 1.807) is 7.11 Å². The van der Waals surface area contributed by atoms with Gasteiger partial charge >= 0.3 is 0 Å². The van der Waals surface area contributed by atoms with Crippen molar-refractivity contribution < 1.29 is 9.53 Å². The molecule has 19 heavy (non-hydrogen) atoms. The van der Waals surface area contributed by atoms with Crippen LogP contribution in [0.25, 0.3) is 0 Å². The van der Waals surface area contributed by atoms with Gasteiger partial charge in [-0.25, -0.2) is 0 Å². The molecular formula is C16H15BrO2. The molecule has 2 aromatic rings. The number of rotatable bonds is 3. The smallest absolute Gasteiger partial charge is 0.193 e. The lowest BCUT2D eigenvalue weighted by molar-refractivity contribution is 0.103. The number of ether oxygens (including phenoxy) is 1. The normalized spacial score (nSPS) is 10.3. The molecule has 2 nitrogen and oxygen atoms in total. The first-order valence-corrected chi connectivity index (χ1v) is 6.77. The van der Waals surface area contributed by atoms with Crippen LogP contribution in [-0.2, 0) is 0 Å². The molecule has 0 aromatic heterocycles. The van der Waals surface area contributed by atoms with Crippen LogP contribution < -0.4 is 4.74 Å². The van der Waals surface area contributed by atoms with Crippen LogP contribution in [0, 0.1) is 13.8 Å². The Bertz CT molecular complexity index is 633. The minimum atomic E-state index is 0.0407. The summed E-state index contributed by atoms with van der Waals surface area (Å²) in [6.07, 6.45) is 0. The Morgan fingerprint density at radius 1 is 1.00 bits per heavy atom. The van der Waals surface area contributed by atoms with E-state index in [-0.39, 0.29) is 5.78 Å². The van der Waals surface area contributed by atoms with Gasteiger partial charge in [0, 0.05) is 15.6 Å². The number of hydrogen-bond acceptors (Lipinski definition) is 2. The molecule has 0 saturated carbocycles. The Morgan fingerprint density at radius 3 is 2.37 bits per heavy atom.